The molecule has 0 saturated carbocycles. The Kier molecular flexibility index (Phi) is 4.59. The summed E-state index contributed by atoms with van der Waals surface area (Å²) in [5.41, 5.74) is 3.37. The molecular weight excluding hydrogens is 360 g/mol. The molecule has 0 aliphatic heterocycles. The number of anilines is 1. The Hall–Kier alpha value is -3.58. The molecule has 7 heteroatoms. The van der Waals surface area contributed by atoms with Crippen molar-refractivity contribution in [3.8, 4) is 21.8 Å². The average Bonchev–Trinajstić information content (AvgIpc) is 3.20. The lowest BCUT2D eigenvalue weighted by atomic mass is 10.1. The third-order valence-electron chi connectivity index (χ3n) is 3.88. The van der Waals surface area contributed by atoms with Crippen LogP contribution in [0.25, 0.3) is 21.8 Å². The molecule has 2 heterocycles. The SMILES string of the molecule is O=C(Nc1ccc(-c2csc(-c3ccccc3)n2)cc1)c1ccc(=O)[nH]n1. The zero-order chi connectivity index (χ0) is 18.6. The van der Waals surface area contributed by atoms with Crippen LogP contribution in [0.4, 0.5) is 5.69 Å². The first-order valence-corrected chi connectivity index (χ1v) is 9.05. The third kappa shape index (κ3) is 3.83. The number of benzene rings is 2. The van der Waals surface area contributed by atoms with Gasteiger partial charge in [0.2, 0.25) is 0 Å². The van der Waals surface area contributed by atoms with E-state index in [9.17, 15) is 9.59 Å². The molecule has 0 atom stereocenters. The number of hydrogen-bond donors (Lipinski definition) is 2. The van der Waals surface area contributed by atoms with Crippen LogP contribution in [0.1, 0.15) is 10.5 Å². The van der Waals surface area contributed by atoms with Gasteiger partial charge in [0.15, 0.2) is 0 Å². The zero-order valence-electron chi connectivity index (χ0n) is 14.0. The van der Waals surface area contributed by atoms with Crippen molar-refractivity contribution in [2.45, 2.75) is 0 Å². The smallest absolute Gasteiger partial charge is 0.276 e. The fraction of sp³-hybridized carbons (Fsp3) is 0. The molecule has 0 spiro atoms. The number of thiazole rings is 1. The monoisotopic (exact) mass is 374 g/mol. The summed E-state index contributed by atoms with van der Waals surface area (Å²) in [5.74, 6) is -0.390. The highest BCUT2D eigenvalue weighted by molar-refractivity contribution is 7.13. The molecule has 2 N–H and O–H groups in total. The minimum atomic E-state index is -0.390. The second-order valence-corrected chi connectivity index (χ2v) is 6.60. The Morgan fingerprint density at radius 2 is 1.70 bits per heavy atom. The van der Waals surface area contributed by atoms with Gasteiger partial charge in [0.25, 0.3) is 11.5 Å². The van der Waals surface area contributed by atoms with Gasteiger partial charge in [-0.25, -0.2) is 10.1 Å². The molecule has 0 bridgehead atoms. The predicted octanol–water partition coefficient (Wildman–Crippen LogP) is 3.81. The summed E-state index contributed by atoms with van der Waals surface area (Å²) in [6, 6.07) is 20.1. The minimum absolute atomic E-state index is 0.144. The summed E-state index contributed by atoms with van der Waals surface area (Å²) in [4.78, 5) is 27.8. The van der Waals surface area contributed by atoms with Crippen LogP contribution in [0.5, 0.6) is 0 Å². The maximum absolute atomic E-state index is 12.1. The number of carbonyl (C=O) groups excluding carboxylic acids is 1. The van der Waals surface area contributed by atoms with Crippen LogP contribution in [0.3, 0.4) is 0 Å². The van der Waals surface area contributed by atoms with Gasteiger partial charge in [-0.05, 0) is 18.2 Å². The van der Waals surface area contributed by atoms with Crippen LogP contribution in [-0.2, 0) is 0 Å². The van der Waals surface area contributed by atoms with Crippen LogP contribution in [0.15, 0.2) is 76.9 Å². The molecule has 4 rings (SSSR count). The van der Waals surface area contributed by atoms with Crippen LogP contribution in [-0.4, -0.2) is 21.1 Å². The Morgan fingerprint density at radius 1 is 0.926 bits per heavy atom. The quantitative estimate of drug-likeness (QED) is 0.568. The highest BCUT2D eigenvalue weighted by Crippen LogP contribution is 2.29. The number of amides is 1. The fourth-order valence-corrected chi connectivity index (χ4v) is 3.35. The first kappa shape index (κ1) is 16.9. The molecule has 0 fully saturated rings. The van der Waals surface area contributed by atoms with Crippen molar-refractivity contribution >= 4 is 22.9 Å². The van der Waals surface area contributed by atoms with E-state index in [0.717, 1.165) is 21.8 Å². The van der Waals surface area contributed by atoms with Crippen molar-refractivity contribution in [1.82, 2.24) is 15.2 Å². The van der Waals surface area contributed by atoms with E-state index >= 15 is 0 Å². The largest absolute Gasteiger partial charge is 0.321 e. The Balaban J connectivity index is 1.49. The number of rotatable bonds is 4. The molecule has 1 amide bonds. The molecule has 0 radical (unpaired) electrons. The summed E-state index contributed by atoms with van der Waals surface area (Å²) in [7, 11) is 0. The first-order chi connectivity index (χ1) is 13.2. The van der Waals surface area contributed by atoms with Crippen molar-refractivity contribution in [3.63, 3.8) is 0 Å². The van der Waals surface area contributed by atoms with E-state index in [-0.39, 0.29) is 17.2 Å². The normalized spacial score (nSPS) is 10.5. The highest BCUT2D eigenvalue weighted by Gasteiger charge is 2.09. The van der Waals surface area contributed by atoms with Gasteiger partial charge < -0.3 is 5.32 Å². The predicted molar refractivity (Wildman–Crippen MR) is 106 cm³/mol. The Labute approximate surface area is 158 Å². The second-order valence-electron chi connectivity index (χ2n) is 5.74. The van der Waals surface area contributed by atoms with E-state index in [0.29, 0.717) is 5.69 Å². The highest BCUT2D eigenvalue weighted by atomic mass is 32.1. The summed E-state index contributed by atoms with van der Waals surface area (Å²) in [6.07, 6.45) is 0. The molecule has 2 aromatic carbocycles. The van der Waals surface area contributed by atoms with Gasteiger partial charge in [0.05, 0.1) is 5.69 Å². The minimum Gasteiger partial charge on any atom is -0.321 e. The second kappa shape index (κ2) is 7.35. The molecule has 0 aliphatic carbocycles. The molecule has 0 unspecified atom stereocenters. The van der Waals surface area contributed by atoms with Gasteiger partial charge in [-0.2, -0.15) is 5.10 Å². The standard InChI is InChI=1S/C20H14N4O2S/c25-18-11-10-16(23-24-18)19(26)21-15-8-6-13(7-9-15)17-12-27-20(22-17)14-4-2-1-3-5-14/h1-12H,(H,21,26)(H,24,25). The molecular formula is C20H14N4O2S. The first-order valence-electron chi connectivity index (χ1n) is 8.17. The van der Waals surface area contributed by atoms with E-state index in [1.54, 1.807) is 23.5 Å². The Morgan fingerprint density at radius 3 is 2.41 bits per heavy atom. The summed E-state index contributed by atoms with van der Waals surface area (Å²) in [6.45, 7) is 0. The zero-order valence-corrected chi connectivity index (χ0v) is 14.9. The van der Waals surface area contributed by atoms with Gasteiger partial charge in [-0.1, -0.05) is 42.5 Å². The van der Waals surface area contributed by atoms with Crippen molar-refractivity contribution in [2.75, 3.05) is 5.32 Å². The van der Waals surface area contributed by atoms with Gasteiger partial charge in [-0.3, -0.25) is 9.59 Å². The molecule has 2 aromatic heterocycles. The van der Waals surface area contributed by atoms with Crippen molar-refractivity contribution in [2.24, 2.45) is 0 Å². The molecule has 4 aromatic rings. The number of carbonyl (C=O) groups is 1. The number of nitrogens with one attached hydrogen (secondary N) is 2. The maximum atomic E-state index is 12.1. The summed E-state index contributed by atoms with van der Waals surface area (Å²) in [5, 5.41) is 11.7. The van der Waals surface area contributed by atoms with Gasteiger partial charge in [0.1, 0.15) is 10.7 Å². The van der Waals surface area contributed by atoms with Crippen LogP contribution < -0.4 is 10.9 Å². The van der Waals surface area contributed by atoms with E-state index in [2.05, 4.69) is 20.5 Å². The van der Waals surface area contributed by atoms with Gasteiger partial charge in [-0.15, -0.1) is 11.3 Å². The summed E-state index contributed by atoms with van der Waals surface area (Å²) >= 11 is 1.59. The average molecular weight is 374 g/mol. The van der Waals surface area contributed by atoms with Crippen molar-refractivity contribution < 1.29 is 4.79 Å². The Bertz CT molecular complexity index is 1110. The third-order valence-corrected chi connectivity index (χ3v) is 4.77. The van der Waals surface area contributed by atoms with Crippen LogP contribution in [0, 0.1) is 0 Å². The molecule has 0 saturated heterocycles. The molecule has 27 heavy (non-hydrogen) atoms. The van der Waals surface area contributed by atoms with Crippen molar-refractivity contribution in [3.05, 3.63) is 88.2 Å². The van der Waals surface area contributed by atoms with Gasteiger partial charge >= 0.3 is 0 Å². The molecule has 0 aliphatic rings. The number of H-pyrrole nitrogens is 1. The van der Waals surface area contributed by atoms with E-state index in [1.807, 2.05) is 47.8 Å². The lowest BCUT2D eigenvalue weighted by Gasteiger charge is -2.05. The molecule has 132 valence electrons. The van der Waals surface area contributed by atoms with Gasteiger partial charge in [0, 0.05) is 28.3 Å². The van der Waals surface area contributed by atoms with Crippen LogP contribution >= 0.6 is 11.3 Å². The van der Waals surface area contributed by atoms with E-state index in [4.69, 9.17) is 0 Å². The maximum Gasteiger partial charge on any atom is 0.276 e. The lowest BCUT2D eigenvalue weighted by molar-refractivity contribution is 0.102. The van der Waals surface area contributed by atoms with E-state index < -0.39 is 0 Å². The number of nitrogens with zero attached hydrogens (tertiary/aromatic N) is 2. The van der Waals surface area contributed by atoms with Crippen molar-refractivity contribution in [1.29, 1.82) is 0 Å². The number of aromatic amines is 1. The number of aromatic nitrogens is 3. The molecule has 6 nitrogen and oxygen atoms in total. The van der Waals surface area contributed by atoms with Crippen LogP contribution in [0.2, 0.25) is 0 Å². The fourth-order valence-electron chi connectivity index (χ4n) is 2.51. The van der Waals surface area contributed by atoms with E-state index in [1.165, 1.54) is 12.1 Å². The lowest BCUT2D eigenvalue weighted by Crippen LogP contribution is -2.17. The topological polar surface area (TPSA) is 87.7 Å². The number of hydrogen-bond acceptors (Lipinski definition) is 5. The summed E-state index contributed by atoms with van der Waals surface area (Å²) < 4.78 is 0.